The van der Waals surface area contributed by atoms with Crippen molar-refractivity contribution in [2.45, 2.75) is 33.1 Å². The maximum Gasteiger partial charge on any atom is 0.321 e. The molecule has 21 heavy (non-hydrogen) atoms. The van der Waals surface area contributed by atoms with E-state index >= 15 is 0 Å². The molecular formula is C14H26N6O. The Hall–Kier alpha value is -1.63. The minimum Gasteiger partial charge on any atom is -0.337 e. The second-order valence-electron chi connectivity index (χ2n) is 5.91. The highest BCUT2D eigenvalue weighted by Gasteiger charge is 2.14. The van der Waals surface area contributed by atoms with Gasteiger partial charge in [0, 0.05) is 20.1 Å². The summed E-state index contributed by atoms with van der Waals surface area (Å²) in [6.45, 7) is 8.09. The van der Waals surface area contributed by atoms with Gasteiger partial charge < -0.3 is 10.2 Å². The van der Waals surface area contributed by atoms with Crippen LogP contribution in [0.25, 0.3) is 0 Å². The van der Waals surface area contributed by atoms with Gasteiger partial charge in [-0.2, -0.15) is 4.98 Å². The largest absolute Gasteiger partial charge is 0.337 e. The van der Waals surface area contributed by atoms with Crippen molar-refractivity contribution < 1.29 is 4.79 Å². The molecule has 1 atom stereocenters. The van der Waals surface area contributed by atoms with Crippen LogP contribution < -0.4 is 10.6 Å². The Morgan fingerprint density at radius 1 is 1.33 bits per heavy atom. The number of hydrogen-bond acceptors (Lipinski definition) is 4. The van der Waals surface area contributed by atoms with Crippen LogP contribution in [-0.2, 0) is 7.05 Å². The summed E-state index contributed by atoms with van der Waals surface area (Å²) >= 11 is 0. The normalized spacial score (nSPS) is 17.5. The average molecular weight is 294 g/mol. The fraction of sp³-hybridized carbons (Fsp3) is 0.786. The third-order valence-electron chi connectivity index (χ3n) is 3.84. The lowest BCUT2D eigenvalue weighted by Gasteiger charge is -2.29. The number of nitrogens with one attached hydrogen (secondary N) is 2. The Bertz CT molecular complexity index is 447. The highest BCUT2D eigenvalue weighted by molar-refractivity contribution is 5.87. The van der Waals surface area contributed by atoms with Crippen molar-refractivity contribution in [3.8, 4) is 0 Å². The molecule has 2 amide bonds. The molecule has 1 aromatic heterocycles. The van der Waals surface area contributed by atoms with E-state index < -0.39 is 0 Å². The zero-order valence-corrected chi connectivity index (χ0v) is 13.2. The first kappa shape index (κ1) is 15.8. The molecule has 2 N–H and O–H groups in total. The zero-order valence-electron chi connectivity index (χ0n) is 13.2. The molecule has 2 rings (SSSR count). The van der Waals surface area contributed by atoms with Gasteiger partial charge in [0.05, 0.1) is 0 Å². The molecular weight excluding hydrogens is 268 g/mol. The molecule has 2 heterocycles. The lowest BCUT2D eigenvalue weighted by molar-refractivity contribution is 0.198. The number of urea groups is 1. The van der Waals surface area contributed by atoms with Gasteiger partial charge in [0.25, 0.3) is 0 Å². The van der Waals surface area contributed by atoms with Gasteiger partial charge in [-0.1, -0.05) is 13.3 Å². The molecule has 0 aliphatic carbocycles. The molecule has 118 valence electrons. The Morgan fingerprint density at radius 2 is 2.05 bits per heavy atom. The van der Waals surface area contributed by atoms with E-state index in [1.54, 1.807) is 11.7 Å². The second kappa shape index (κ2) is 7.40. The van der Waals surface area contributed by atoms with Crippen molar-refractivity contribution >= 4 is 12.0 Å². The molecule has 1 aliphatic rings. The Kier molecular flexibility index (Phi) is 5.55. The van der Waals surface area contributed by atoms with Crippen LogP contribution in [0.4, 0.5) is 10.7 Å². The molecule has 7 heteroatoms. The molecule has 0 spiro atoms. The summed E-state index contributed by atoms with van der Waals surface area (Å²) in [4.78, 5) is 18.4. The fourth-order valence-electron chi connectivity index (χ4n) is 2.58. The van der Waals surface area contributed by atoms with Crippen molar-refractivity contribution in [3.63, 3.8) is 0 Å². The van der Waals surface area contributed by atoms with Crippen LogP contribution in [0.3, 0.4) is 0 Å². The Morgan fingerprint density at radius 3 is 2.67 bits per heavy atom. The Balaban J connectivity index is 1.68. The summed E-state index contributed by atoms with van der Waals surface area (Å²) in [5, 5.41) is 9.64. The minimum absolute atomic E-state index is 0.244. The lowest BCUT2D eigenvalue weighted by Crippen LogP contribution is -2.39. The van der Waals surface area contributed by atoms with Gasteiger partial charge in [-0.25, -0.2) is 4.79 Å². The van der Waals surface area contributed by atoms with Crippen LogP contribution in [0.1, 0.15) is 32.0 Å². The van der Waals surface area contributed by atoms with Crippen LogP contribution in [-0.4, -0.2) is 51.9 Å². The number of piperidine rings is 1. The van der Waals surface area contributed by atoms with Crippen LogP contribution in [0.15, 0.2) is 0 Å². The summed E-state index contributed by atoms with van der Waals surface area (Å²) < 4.78 is 1.63. The van der Waals surface area contributed by atoms with E-state index in [4.69, 9.17) is 0 Å². The summed E-state index contributed by atoms with van der Waals surface area (Å²) in [6.07, 6.45) is 3.94. The predicted octanol–water partition coefficient (Wildman–Crippen LogP) is 1.37. The van der Waals surface area contributed by atoms with E-state index in [1.807, 2.05) is 6.92 Å². The van der Waals surface area contributed by atoms with Gasteiger partial charge in [-0.15, -0.1) is 5.10 Å². The molecule has 1 fully saturated rings. The number of hydrogen-bond donors (Lipinski definition) is 2. The van der Waals surface area contributed by atoms with Crippen LogP contribution in [0.2, 0.25) is 0 Å². The first-order valence-corrected chi connectivity index (χ1v) is 7.69. The summed E-state index contributed by atoms with van der Waals surface area (Å²) in [5.74, 6) is 1.55. The lowest BCUT2D eigenvalue weighted by atomic mass is 10.1. The summed E-state index contributed by atoms with van der Waals surface area (Å²) in [6, 6.07) is -0.244. The van der Waals surface area contributed by atoms with Gasteiger partial charge in [-0.05, 0) is 38.8 Å². The number of nitrogens with zero attached hydrogens (tertiary/aromatic N) is 4. The maximum atomic E-state index is 11.8. The molecule has 1 unspecified atom stereocenters. The van der Waals surface area contributed by atoms with E-state index in [0.717, 1.165) is 12.4 Å². The number of aromatic nitrogens is 3. The molecule has 0 aromatic carbocycles. The second-order valence-corrected chi connectivity index (χ2v) is 5.91. The zero-order chi connectivity index (χ0) is 15.2. The van der Waals surface area contributed by atoms with E-state index in [0.29, 0.717) is 18.4 Å². The Labute approximate surface area is 126 Å². The van der Waals surface area contributed by atoms with E-state index in [9.17, 15) is 4.79 Å². The number of carbonyl (C=O) groups excluding carboxylic acids is 1. The molecule has 1 aromatic rings. The van der Waals surface area contributed by atoms with Crippen molar-refractivity contribution in [1.82, 2.24) is 25.0 Å². The number of likely N-dealkylation sites (tertiary alicyclic amines) is 1. The van der Waals surface area contributed by atoms with E-state index in [1.165, 1.54) is 32.4 Å². The summed E-state index contributed by atoms with van der Waals surface area (Å²) in [7, 11) is 1.80. The maximum absolute atomic E-state index is 11.8. The topological polar surface area (TPSA) is 75.1 Å². The quantitative estimate of drug-likeness (QED) is 0.860. The van der Waals surface area contributed by atoms with Crippen LogP contribution in [0.5, 0.6) is 0 Å². The summed E-state index contributed by atoms with van der Waals surface area (Å²) in [5.41, 5.74) is 0. The van der Waals surface area contributed by atoms with Crippen LogP contribution in [0, 0.1) is 12.8 Å². The van der Waals surface area contributed by atoms with Gasteiger partial charge in [-0.3, -0.25) is 10.00 Å². The first-order chi connectivity index (χ1) is 10.0. The molecule has 0 radical (unpaired) electrons. The highest BCUT2D eigenvalue weighted by atomic mass is 16.2. The van der Waals surface area contributed by atoms with E-state index in [-0.39, 0.29) is 6.03 Å². The predicted molar refractivity (Wildman–Crippen MR) is 82.2 cm³/mol. The first-order valence-electron chi connectivity index (χ1n) is 7.69. The van der Waals surface area contributed by atoms with Crippen LogP contribution >= 0.6 is 0 Å². The standard InChI is InChI=1S/C14H26N6O/c1-11(10-20-7-5-4-6-8-20)9-15-14(21)17-13-16-12(2)19(3)18-13/h11H,4-10H2,1-3H3,(H2,15,17,18,21). The van der Waals surface area contributed by atoms with Gasteiger partial charge in [0.2, 0.25) is 5.95 Å². The average Bonchev–Trinajstić information content (AvgIpc) is 2.76. The molecule has 7 nitrogen and oxygen atoms in total. The highest BCUT2D eigenvalue weighted by Crippen LogP contribution is 2.10. The van der Waals surface area contributed by atoms with Crippen molar-refractivity contribution in [1.29, 1.82) is 0 Å². The van der Waals surface area contributed by atoms with E-state index in [2.05, 4.69) is 32.5 Å². The molecule has 1 saturated heterocycles. The van der Waals surface area contributed by atoms with Gasteiger partial charge >= 0.3 is 6.03 Å². The smallest absolute Gasteiger partial charge is 0.321 e. The number of amides is 2. The van der Waals surface area contributed by atoms with Gasteiger partial charge in [0.1, 0.15) is 5.82 Å². The number of anilines is 1. The number of carbonyl (C=O) groups is 1. The number of aryl methyl sites for hydroxylation is 2. The monoisotopic (exact) mass is 294 g/mol. The third kappa shape index (κ3) is 5.00. The fourth-order valence-corrected chi connectivity index (χ4v) is 2.58. The molecule has 1 aliphatic heterocycles. The third-order valence-corrected chi connectivity index (χ3v) is 3.84. The van der Waals surface area contributed by atoms with Crippen molar-refractivity contribution in [2.24, 2.45) is 13.0 Å². The van der Waals surface area contributed by atoms with Gasteiger partial charge in [0.15, 0.2) is 0 Å². The SMILES string of the molecule is Cc1nc(NC(=O)NCC(C)CN2CCCCC2)nn1C. The van der Waals surface area contributed by atoms with Crippen molar-refractivity contribution in [3.05, 3.63) is 5.82 Å². The molecule has 0 saturated carbocycles. The minimum atomic E-state index is -0.244. The van der Waals surface area contributed by atoms with Crippen molar-refractivity contribution in [2.75, 3.05) is 31.5 Å². The number of rotatable bonds is 5. The molecule has 0 bridgehead atoms.